The van der Waals surface area contributed by atoms with Crippen LogP contribution in [0.4, 0.5) is 4.39 Å². The molecule has 0 bridgehead atoms. The number of rotatable bonds is 4. The van der Waals surface area contributed by atoms with Crippen LogP contribution in [0, 0.1) is 5.82 Å². The molecule has 0 aromatic heterocycles. The third-order valence-corrected chi connectivity index (χ3v) is 2.54. The van der Waals surface area contributed by atoms with Gasteiger partial charge in [0, 0.05) is 16.6 Å². The van der Waals surface area contributed by atoms with Gasteiger partial charge in [-0.3, -0.25) is 0 Å². The molecule has 0 aliphatic rings. The maximum atomic E-state index is 13.3. The molecule has 0 saturated heterocycles. The van der Waals surface area contributed by atoms with Crippen LogP contribution in [0.2, 0.25) is 5.02 Å². The Labute approximate surface area is 89.1 Å². The molecule has 0 radical (unpaired) electrons. The molecule has 0 saturated carbocycles. The van der Waals surface area contributed by atoms with Gasteiger partial charge in [-0.05, 0) is 25.0 Å². The molecule has 1 atom stereocenters. The summed E-state index contributed by atoms with van der Waals surface area (Å²) in [5.74, 6) is -0.260. The van der Waals surface area contributed by atoms with Crippen LogP contribution < -0.4 is 5.73 Å². The first-order valence-electron chi connectivity index (χ1n) is 4.83. The molecule has 2 N–H and O–H groups in total. The van der Waals surface area contributed by atoms with Crippen molar-refractivity contribution in [1.29, 1.82) is 0 Å². The lowest BCUT2D eigenvalue weighted by molar-refractivity contribution is 0.562. The summed E-state index contributed by atoms with van der Waals surface area (Å²) in [5, 5.41) is 0.469. The number of nitrogens with two attached hydrogens (primary N) is 1. The molecule has 0 unspecified atom stereocenters. The van der Waals surface area contributed by atoms with Crippen LogP contribution in [0.1, 0.15) is 25.3 Å². The summed E-state index contributed by atoms with van der Waals surface area (Å²) >= 11 is 5.88. The van der Waals surface area contributed by atoms with Crippen molar-refractivity contribution < 1.29 is 4.39 Å². The molecule has 0 aliphatic carbocycles. The van der Waals surface area contributed by atoms with Gasteiger partial charge < -0.3 is 5.73 Å². The monoisotopic (exact) mass is 215 g/mol. The summed E-state index contributed by atoms with van der Waals surface area (Å²) in [6.45, 7) is 2.06. The van der Waals surface area contributed by atoms with E-state index in [0.717, 1.165) is 12.8 Å². The summed E-state index contributed by atoms with van der Waals surface area (Å²) in [6.07, 6.45) is 2.41. The minimum Gasteiger partial charge on any atom is -0.327 e. The normalized spacial score (nSPS) is 12.9. The molecule has 1 nitrogen and oxygen atoms in total. The average Bonchev–Trinajstić information content (AvgIpc) is 2.12. The second kappa shape index (κ2) is 5.32. The smallest absolute Gasteiger partial charge is 0.127 e. The van der Waals surface area contributed by atoms with Crippen molar-refractivity contribution in [2.24, 2.45) is 5.73 Å². The predicted molar refractivity (Wildman–Crippen MR) is 58.0 cm³/mol. The van der Waals surface area contributed by atoms with Crippen molar-refractivity contribution >= 4 is 11.6 Å². The Balaban J connectivity index is 2.75. The summed E-state index contributed by atoms with van der Waals surface area (Å²) in [6, 6.07) is 4.71. The highest BCUT2D eigenvalue weighted by molar-refractivity contribution is 6.31. The Kier molecular flexibility index (Phi) is 4.36. The van der Waals surface area contributed by atoms with E-state index in [0.29, 0.717) is 17.0 Å². The molecule has 1 aromatic rings. The highest BCUT2D eigenvalue weighted by Crippen LogP contribution is 2.20. The zero-order chi connectivity index (χ0) is 10.6. The van der Waals surface area contributed by atoms with Gasteiger partial charge in [-0.2, -0.15) is 0 Å². The zero-order valence-electron chi connectivity index (χ0n) is 8.26. The van der Waals surface area contributed by atoms with Crippen LogP contribution in [0.3, 0.4) is 0 Å². The Hall–Kier alpha value is -0.600. The molecule has 0 fully saturated rings. The third kappa shape index (κ3) is 2.96. The van der Waals surface area contributed by atoms with Gasteiger partial charge in [0.05, 0.1) is 0 Å². The minimum absolute atomic E-state index is 0.00519. The lowest BCUT2D eigenvalue weighted by atomic mass is 10.0. The third-order valence-electron chi connectivity index (χ3n) is 2.19. The lowest BCUT2D eigenvalue weighted by Gasteiger charge is -2.11. The fourth-order valence-corrected chi connectivity index (χ4v) is 1.70. The molecule has 0 aliphatic heterocycles. The molecule has 0 amide bonds. The Morgan fingerprint density at radius 1 is 1.50 bits per heavy atom. The van der Waals surface area contributed by atoms with Crippen molar-refractivity contribution in [3.63, 3.8) is 0 Å². The summed E-state index contributed by atoms with van der Waals surface area (Å²) in [4.78, 5) is 0. The van der Waals surface area contributed by atoms with Crippen LogP contribution >= 0.6 is 11.6 Å². The van der Waals surface area contributed by atoms with Crippen LogP contribution in [-0.2, 0) is 6.42 Å². The second-order valence-electron chi connectivity index (χ2n) is 3.45. The van der Waals surface area contributed by atoms with Crippen LogP contribution in [0.25, 0.3) is 0 Å². The molecule has 78 valence electrons. The van der Waals surface area contributed by atoms with E-state index in [4.69, 9.17) is 17.3 Å². The van der Waals surface area contributed by atoms with E-state index in [1.165, 1.54) is 6.07 Å². The quantitative estimate of drug-likeness (QED) is 0.821. The molecule has 14 heavy (non-hydrogen) atoms. The molecular formula is C11H15ClFN. The average molecular weight is 216 g/mol. The maximum absolute atomic E-state index is 13.3. The number of halogens is 2. The summed E-state index contributed by atoms with van der Waals surface area (Å²) in [5.41, 5.74) is 6.37. The fourth-order valence-electron chi connectivity index (χ4n) is 1.46. The topological polar surface area (TPSA) is 26.0 Å². The first kappa shape index (κ1) is 11.5. The Morgan fingerprint density at radius 2 is 2.21 bits per heavy atom. The van der Waals surface area contributed by atoms with E-state index in [9.17, 15) is 4.39 Å². The summed E-state index contributed by atoms with van der Waals surface area (Å²) in [7, 11) is 0. The van der Waals surface area contributed by atoms with Gasteiger partial charge in [-0.15, -0.1) is 0 Å². The first-order chi connectivity index (χ1) is 6.65. The SMILES string of the molecule is CCC[C@H](N)Cc1c(F)cccc1Cl. The van der Waals surface area contributed by atoms with Gasteiger partial charge in [0.2, 0.25) is 0 Å². The first-order valence-corrected chi connectivity index (χ1v) is 5.21. The zero-order valence-corrected chi connectivity index (χ0v) is 9.02. The van der Waals surface area contributed by atoms with Crippen molar-refractivity contribution in [2.45, 2.75) is 32.2 Å². The molecule has 1 aromatic carbocycles. The Morgan fingerprint density at radius 3 is 2.79 bits per heavy atom. The van der Waals surface area contributed by atoms with Crippen molar-refractivity contribution in [3.05, 3.63) is 34.6 Å². The fraction of sp³-hybridized carbons (Fsp3) is 0.455. The maximum Gasteiger partial charge on any atom is 0.127 e. The lowest BCUT2D eigenvalue weighted by Crippen LogP contribution is -2.23. The van der Waals surface area contributed by atoms with Crippen molar-refractivity contribution in [1.82, 2.24) is 0 Å². The number of benzene rings is 1. The summed E-state index contributed by atoms with van der Waals surface area (Å²) < 4.78 is 13.3. The highest BCUT2D eigenvalue weighted by Gasteiger charge is 2.10. The van der Waals surface area contributed by atoms with Crippen LogP contribution in [0.5, 0.6) is 0 Å². The molecule has 1 rings (SSSR count). The van der Waals surface area contributed by atoms with Gasteiger partial charge >= 0.3 is 0 Å². The predicted octanol–water partition coefficient (Wildman–Crippen LogP) is 3.15. The second-order valence-corrected chi connectivity index (χ2v) is 3.86. The van der Waals surface area contributed by atoms with Gasteiger partial charge in [0.25, 0.3) is 0 Å². The van der Waals surface area contributed by atoms with Crippen LogP contribution in [0.15, 0.2) is 18.2 Å². The molecule has 3 heteroatoms. The highest BCUT2D eigenvalue weighted by atomic mass is 35.5. The van der Waals surface area contributed by atoms with Crippen LogP contribution in [-0.4, -0.2) is 6.04 Å². The van der Waals surface area contributed by atoms with E-state index in [2.05, 4.69) is 6.92 Å². The van der Waals surface area contributed by atoms with Gasteiger partial charge in [-0.1, -0.05) is 31.0 Å². The largest absolute Gasteiger partial charge is 0.327 e. The van der Waals surface area contributed by atoms with Crippen molar-refractivity contribution in [2.75, 3.05) is 0 Å². The number of hydrogen-bond acceptors (Lipinski definition) is 1. The molecule has 0 heterocycles. The van der Waals surface area contributed by atoms with Crippen molar-refractivity contribution in [3.8, 4) is 0 Å². The Bertz CT molecular complexity index is 281. The standard InChI is InChI=1S/C11H15ClFN/c1-2-4-8(14)7-9-10(12)5-3-6-11(9)13/h3,5-6,8H,2,4,7,14H2,1H3/t8-/m0/s1. The van der Waals surface area contributed by atoms with E-state index in [1.54, 1.807) is 12.1 Å². The van der Waals surface area contributed by atoms with Gasteiger partial charge in [0.15, 0.2) is 0 Å². The number of hydrogen-bond donors (Lipinski definition) is 1. The molecule has 0 spiro atoms. The van der Waals surface area contributed by atoms with E-state index in [-0.39, 0.29) is 11.9 Å². The minimum atomic E-state index is -0.260. The molecular weight excluding hydrogens is 201 g/mol. The van der Waals surface area contributed by atoms with Gasteiger partial charge in [-0.25, -0.2) is 4.39 Å². The van der Waals surface area contributed by atoms with E-state index >= 15 is 0 Å². The van der Waals surface area contributed by atoms with E-state index in [1.807, 2.05) is 0 Å². The van der Waals surface area contributed by atoms with Gasteiger partial charge in [0.1, 0.15) is 5.82 Å². The van der Waals surface area contributed by atoms with E-state index < -0.39 is 0 Å².